The van der Waals surface area contributed by atoms with Crippen LogP contribution in [0.2, 0.25) is 0 Å². The van der Waals surface area contributed by atoms with Crippen LogP contribution in [0.5, 0.6) is 0 Å². The van der Waals surface area contributed by atoms with E-state index < -0.39 is 0 Å². The van der Waals surface area contributed by atoms with Crippen LogP contribution in [0.1, 0.15) is 47.4 Å². The molecule has 1 aliphatic carbocycles. The molecule has 1 atom stereocenters. The molecule has 136 valence electrons. The van der Waals surface area contributed by atoms with E-state index in [4.69, 9.17) is 4.98 Å². The highest BCUT2D eigenvalue weighted by Gasteiger charge is 2.28. The largest absolute Gasteiger partial charge is 0.352 e. The van der Waals surface area contributed by atoms with Crippen LogP contribution in [0.25, 0.3) is 11.0 Å². The molecule has 1 N–H and O–H groups in total. The molecule has 1 amide bonds. The third-order valence-corrected chi connectivity index (χ3v) is 4.90. The van der Waals surface area contributed by atoms with Gasteiger partial charge in [-0.05, 0) is 37.8 Å². The fraction of sp³-hybridized carbons (Fsp3) is 0.474. The summed E-state index contributed by atoms with van der Waals surface area (Å²) in [6.07, 6.45) is 6.00. The first kappa shape index (κ1) is 16.8. The summed E-state index contributed by atoms with van der Waals surface area (Å²) in [5.41, 5.74) is 3.33. The van der Waals surface area contributed by atoms with Crippen LogP contribution < -0.4 is 5.32 Å². The molecule has 0 unspecified atom stereocenters. The molecule has 1 fully saturated rings. The molecule has 0 bridgehead atoms. The Labute approximate surface area is 152 Å². The summed E-state index contributed by atoms with van der Waals surface area (Å²) >= 11 is 0. The van der Waals surface area contributed by atoms with Crippen molar-refractivity contribution in [2.24, 2.45) is 13.0 Å². The van der Waals surface area contributed by atoms with Crippen molar-refractivity contribution >= 4 is 16.9 Å². The van der Waals surface area contributed by atoms with Gasteiger partial charge in [0.1, 0.15) is 0 Å². The van der Waals surface area contributed by atoms with Crippen LogP contribution >= 0.6 is 0 Å². The number of nitrogens with zero attached hydrogens (tertiary/aromatic N) is 5. The number of hydrogen-bond acceptors (Lipinski definition) is 4. The van der Waals surface area contributed by atoms with Crippen LogP contribution in [-0.2, 0) is 13.6 Å². The number of aryl methyl sites for hydroxylation is 2. The van der Waals surface area contributed by atoms with Crippen molar-refractivity contribution < 1.29 is 4.79 Å². The Hall–Kier alpha value is -2.70. The molecule has 3 aromatic rings. The molecule has 0 spiro atoms. The van der Waals surface area contributed by atoms with Crippen molar-refractivity contribution in [3.8, 4) is 0 Å². The maximum absolute atomic E-state index is 12.9. The molecule has 3 aromatic heterocycles. The number of pyridine rings is 1. The van der Waals surface area contributed by atoms with Gasteiger partial charge in [-0.3, -0.25) is 14.2 Å². The number of amides is 1. The molecule has 7 heteroatoms. The number of aromatic nitrogens is 5. The Morgan fingerprint density at radius 2 is 2.23 bits per heavy atom. The molecule has 1 saturated carbocycles. The molecule has 0 aromatic carbocycles. The van der Waals surface area contributed by atoms with Gasteiger partial charge < -0.3 is 5.32 Å². The third-order valence-electron chi connectivity index (χ3n) is 4.90. The van der Waals surface area contributed by atoms with Gasteiger partial charge >= 0.3 is 0 Å². The molecule has 0 aliphatic heterocycles. The fourth-order valence-electron chi connectivity index (χ4n) is 3.39. The quantitative estimate of drug-likeness (QED) is 0.739. The van der Waals surface area contributed by atoms with Crippen LogP contribution in [0.4, 0.5) is 0 Å². The van der Waals surface area contributed by atoms with Crippen molar-refractivity contribution in [3.63, 3.8) is 0 Å². The van der Waals surface area contributed by atoms with E-state index in [0.29, 0.717) is 18.0 Å². The van der Waals surface area contributed by atoms with E-state index in [1.54, 1.807) is 10.9 Å². The third kappa shape index (κ3) is 3.21. The lowest BCUT2D eigenvalue weighted by Gasteiger charge is -2.14. The molecular weight excluding hydrogens is 328 g/mol. The summed E-state index contributed by atoms with van der Waals surface area (Å²) in [6.45, 7) is 5.41. The average molecular weight is 352 g/mol. The van der Waals surface area contributed by atoms with Gasteiger partial charge in [0, 0.05) is 44.1 Å². The molecule has 3 heterocycles. The second kappa shape index (κ2) is 6.55. The van der Waals surface area contributed by atoms with Crippen LogP contribution in [-0.4, -0.2) is 37.0 Å². The summed E-state index contributed by atoms with van der Waals surface area (Å²) < 4.78 is 3.66. The monoisotopic (exact) mass is 352 g/mol. The van der Waals surface area contributed by atoms with Gasteiger partial charge in [0.25, 0.3) is 5.91 Å². The van der Waals surface area contributed by atoms with Gasteiger partial charge in [-0.25, -0.2) is 4.98 Å². The predicted octanol–water partition coefficient (Wildman–Crippen LogP) is 2.42. The zero-order chi connectivity index (χ0) is 18.3. The number of carbonyl (C=O) groups is 1. The maximum atomic E-state index is 12.9. The lowest BCUT2D eigenvalue weighted by atomic mass is 10.1. The van der Waals surface area contributed by atoms with E-state index in [0.717, 1.165) is 41.8 Å². The minimum atomic E-state index is -0.0530. The van der Waals surface area contributed by atoms with Gasteiger partial charge in [-0.2, -0.15) is 10.2 Å². The molecule has 26 heavy (non-hydrogen) atoms. The van der Waals surface area contributed by atoms with Gasteiger partial charge in [0.15, 0.2) is 5.65 Å². The van der Waals surface area contributed by atoms with Gasteiger partial charge in [-0.15, -0.1) is 0 Å². The first-order valence-electron chi connectivity index (χ1n) is 9.12. The first-order valence-corrected chi connectivity index (χ1v) is 9.12. The minimum Gasteiger partial charge on any atom is -0.352 e. The molecular formula is C19H24N6O. The summed E-state index contributed by atoms with van der Waals surface area (Å²) in [7, 11) is 1.88. The van der Waals surface area contributed by atoms with Crippen LogP contribution in [0.3, 0.4) is 0 Å². The second-order valence-electron chi connectivity index (χ2n) is 7.32. The molecule has 1 aliphatic rings. The van der Waals surface area contributed by atoms with E-state index in [1.807, 2.05) is 37.0 Å². The topological polar surface area (TPSA) is 77.6 Å². The van der Waals surface area contributed by atoms with Crippen molar-refractivity contribution in [1.82, 2.24) is 29.9 Å². The fourth-order valence-corrected chi connectivity index (χ4v) is 3.39. The number of hydrogen-bond donors (Lipinski definition) is 1. The molecule has 7 nitrogen and oxygen atoms in total. The normalized spacial score (nSPS) is 15.3. The number of fused-ring (bicyclic) bond motifs is 1. The highest BCUT2D eigenvalue weighted by atomic mass is 16.1. The number of nitrogens with one attached hydrogen (secondary N) is 1. The number of rotatable bonds is 6. The first-order chi connectivity index (χ1) is 12.5. The molecule has 0 radical (unpaired) electrons. The zero-order valence-corrected chi connectivity index (χ0v) is 15.4. The lowest BCUT2D eigenvalue weighted by molar-refractivity contribution is 0.0948. The van der Waals surface area contributed by atoms with Crippen molar-refractivity contribution in [3.05, 3.63) is 41.5 Å². The summed E-state index contributed by atoms with van der Waals surface area (Å²) in [5.74, 6) is 0.719. The Morgan fingerprint density at radius 3 is 2.92 bits per heavy atom. The van der Waals surface area contributed by atoms with E-state index in [-0.39, 0.29) is 11.8 Å². The van der Waals surface area contributed by atoms with Crippen LogP contribution in [0.15, 0.2) is 24.5 Å². The van der Waals surface area contributed by atoms with E-state index in [9.17, 15) is 4.79 Å². The van der Waals surface area contributed by atoms with Gasteiger partial charge in [0.2, 0.25) is 0 Å². The minimum absolute atomic E-state index is 0.0530. The second-order valence-corrected chi connectivity index (χ2v) is 7.32. The van der Waals surface area contributed by atoms with E-state index >= 15 is 0 Å². The van der Waals surface area contributed by atoms with E-state index in [1.165, 1.54) is 0 Å². The van der Waals surface area contributed by atoms with Crippen molar-refractivity contribution in [1.29, 1.82) is 0 Å². The SMILES string of the molecule is Cc1nn(C)c2nc(C3CC3)cc(C(=O)NC[C@@H](C)Cn3cccn3)c12. The number of carbonyl (C=O) groups excluding carboxylic acids is 1. The van der Waals surface area contributed by atoms with Crippen molar-refractivity contribution in [2.75, 3.05) is 6.54 Å². The summed E-state index contributed by atoms with van der Waals surface area (Å²) in [5, 5.41) is 12.6. The zero-order valence-electron chi connectivity index (χ0n) is 15.4. The smallest absolute Gasteiger partial charge is 0.252 e. The lowest BCUT2D eigenvalue weighted by Crippen LogP contribution is -2.30. The van der Waals surface area contributed by atoms with Crippen LogP contribution in [0, 0.1) is 12.8 Å². The summed E-state index contributed by atoms with van der Waals surface area (Å²) in [6, 6.07) is 3.87. The molecule has 4 rings (SSSR count). The Morgan fingerprint density at radius 1 is 1.42 bits per heavy atom. The van der Waals surface area contributed by atoms with Gasteiger partial charge in [0.05, 0.1) is 16.6 Å². The van der Waals surface area contributed by atoms with Gasteiger partial charge in [-0.1, -0.05) is 6.92 Å². The predicted molar refractivity (Wildman–Crippen MR) is 98.9 cm³/mol. The highest BCUT2D eigenvalue weighted by Crippen LogP contribution is 2.40. The summed E-state index contributed by atoms with van der Waals surface area (Å²) in [4.78, 5) is 17.7. The Kier molecular flexibility index (Phi) is 4.22. The molecule has 0 saturated heterocycles. The average Bonchev–Trinajstić information content (AvgIpc) is 3.28. The Bertz CT molecular complexity index is 939. The Balaban J connectivity index is 1.55. The maximum Gasteiger partial charge on any atom is 0.252 e. The standard InChI is InChI=1S/C19H24N6O/c1-12(11-25-8-4-7-21-25)10-20-19(26)15-9-16(14-5-6-14)22-18-17(15)13(2)23-24(18)3/h4,7-9,12,14H,5-6,10-11H2,1-3H3,(H,20,26)/t12-/m1/s1. The van der Waals surface area contributed by atoms with E-state index in [2.05, 4.69) is 22.4 Å². The van der Waals surface area contributed by atoms with Crippen molar-refractivity contribution in [2.45, 2.75) is 39.2 Å². The highest BCUT2D eigenvalue weighted by molar-refractivity contribution is 6.06.